The molecule has 1 atom stereocenters. The van der Waals surface area contributed by atoms with Crippen LogP contribution in [0.1, 0.15) is 6.42 Å². The van der Waals surface area contributed by atoms with Gasteiger partial charge in [0.05, 0.1) is 0 Å². The van der Waals surface area contributed by atoms with Crippen LogP contribution in [-0.4, -0.2) is 63.1 Å². The fourth-order valence-corrected chi connectivity index (χ4v) is 2.68. The largest absolute Gasteiger partial charge is 0.368 e. The number of likely N-dealkylation sites (tertiary alicyclic amines) is 1. The first-order valence-electron chi connectivity index (χ1n) is 7.01. The molecule has 1 fully saturated rings. The highest BCUT2D eigenvalue weighted by Crippen LogP contribution is 2.18. The Morgan fingerprint density at radius 3 is 2.90 bits per heavy atom. The van der Waals surface area contributed by atoms with Gasteiger partial charge in [0.2, 0.25) is 17.8 Å². The molecule has 1 saturated heterocycles. The highest BCUT2D eigenvalue weighted by molar-refractivity contribution is 5.37. The molecule has 0 spiro atoms. The van der Waals surface area contributed by atoms with Crippen molar-refractivity contribution in [3.05, 3.63) is 18.7 Å². The quantitative estimate of drug-likeness (QED) is 0.848. The van der Waals surface area contributed by atoms with Gasteiger partial charge in [0.15, 0.2) is 0 Å². The molecule has 0 radical (unpaired) electrons. The first kappa shape index (κ1) is 13.7. The number of anilines is 2. The summed E-state index contributed by atoms with van der Waals surface area (Å²) in [6, 6.07) is 0. The molecule has 0 amide bonds. The minimum Gasteiger partial charge on any atom is -0.368 e. The Morgan fingerprint density at radius 1 is 1.38 bits per heavy atom. The van der Waals surface area contributed by atoms with Crippen LogP contribution >= 0.6 is 0 Å². The zero-order valence-electron chi connectivity index (χ0n) is 12.3. The van der Waals surface area contributed by atoms with Crippen molar-refractivity contribution in [1.82, 2.24) is 29.4 Å². The van der Waals surface area contributed by atoms with Gasteiger partial charge in [0.1, 0.15) is 6.33 Å². The summed E-state index contributed by atoms with van der Waals surface area (Å²) in [5.41, 5.74) is 5.80. The molecule has 8 nitrogen and oxygen atoms in total. The topological polar surface area (TPSA) is 89.0 Å². The smallest absolute Gasteiger partial charge is 0.241 e. The van der Waals surface area contributed by atoms with Gasteiger partial charge in [-0.1, -0.05) is 0 Å². The van der Waals surface area contributed by atoms with Gasteiger partial charge >= 0.3 is 0 Å². The van der Waals surface area contributed by atoms with Crippen LogP contribution in [-0.2, 0) is 0 Å². The Hall–Kier alpha value is -2.22. The van der Waals surface area contributed by atoms with Crippen LogP contribution in [0.4, 0.5) is 11.9 Å². The molecule has 1 unspecified atom stereocenters. The maximum atomic E-state index is 5.80. The van der Waals surface area contributed by atoms with E-state index >= 15 is 0 Å². The molecular formula is C13H20N8. The first-order valence-corrected chi connectivity index (χ1v) is 7.01. The molecule has 0 saturated carbocycles. The number of hydrogen-bond acceptors (Lipinski definition) is 7. The van der Waals surface area contributed by atoms with E-state index < -0.39 is 0 Å². The monoisotopic (exact) mass is 288 g/mol. The summed E-state index contributed by atoms with van der Waals surface area (Å²) in [7, 11) is 4.14. The SMILES string of the molecule is CN1CCC(CN(C)c2nc(N)nc(-n3ccnc3)n2)C1. The second-order valence-electron chi connectivity index (χ2n) is 5.56. The molecule has 3 heterocycles. The number of nitrogens with two attached hydrogens (primary N) is 1. The van der Waals surface area contributed by atoms with Crippen molar-refractivity contribution in [2.45, 2.75) is 6.42 Å². The minimum atomic E-state index is 0.221. The maximum absolute atomic E-state index is 5.80. The van der Waals surface area contributed by atoms with Gasteiger partial charge in [-0.25, -0.2) is 4.98 Å². The molecule has 1 aliphatic heterocycles. The summed E-state index contributed by atoms with van der Waals surface area (Å²) < 4.78 is 1.72. The zero-order chi connectivity index (χ0) is 14.8. The summed E-state index contributed by atoms with van der Waals surface area (Å²) in [6.45, 7) is 3.18. The van der Waals surface area contributed by atoms with E-state index in [1.54, 1.807) is 23.3 Å². The van der Waals surface area contributed by atoms with E-state index in [-0.39, 0.29) is 5.95 Å². The molecule has 3 rings (SSSR count). The highest BCUT2D eigenvalue weighted by atomic mass is 15.3. The zero-order valence-corrected chi connectivity index (χ0v) is 12.3. The van der Waals surface area contributed by atoms with Gasteiger partial charge in [0.25, 0.3) is 0 Å². The van der Waals surface area contributed by atoms with E-state index in [4.69, 9.17) is 5.73 Å². The fraction of sp³-hybridized carbons (Fsp3) is 0.538. The van der Waals surface area contributed by atoms with Gasteiger partial charge in [0, 0.05) is 32.5 Å². The Morgan fingerprint density at radius 2 is 2.24 bits per heavy atom. The highest BCUT2D eigenvalue weighted by Gasteiger charge is 2.22. The number of nitrogens with zero attached hydrogens (tertiary/aromatic N) is 7. The van der Waals surface area contributed by atoms with E-state index in [1.807, 2.05) is 11.9 Å². The van der Waals surface area contributed by atoms with Crippen LogP contribution < -0.4 is 10.6 Å². The lowest BCUT2D eigenvalue weighted by Crippen LogP contribution is -2.29. The Labute approximate surface area is 123 Å². The van der Waals surface area contributed by atoms with Crippen molar-refractivity contribution in [1.29, 1.82) is 0 Å². The van der Waals surface area contributed by atoms with Gasteiger partial charge in [-0.3, -0.25) is 4.57 Å². The average molecular weight is 288 g/mol. The molecule has 21 heavy (non-hydrogen) atoms. The van der Waals surface area contributed by atoms with Crippen molar-refractivity contribution < 1.29 is 0 Å². The standard InChI is InChI=1S/C13H20N8/c1-19-5-3-10(7-19)8-20(2)12-16-11(14)17-13(18-12)21-6-4-15-9-21/h4,6,9-10H,3,5,7-8H2,1-2H3,(H2,14,16,17,18). The third-order valence-electron chi connectivity index (χ3n) is 3.73. The minimum absolute atomic E-state index is 0.221. The van der Waals surface area contributed by atoms with E-state index in [9.17, 15) is 0 Å². The van der Waals surface area contributed by atoms with Crippen LogP contribution in [0.3, 0.4) is 0 Å². The number of aromatic nitrogens is 5. The Bertz CT molecular complexity index is 596. The summed E-state index contributed by atoms with van der Waals surface area (Å²) in [5.74, 6) is 1.94. The molecule has 8 heteroatoms. The Kier molecular flexibility index (Phi) is 3.70. The van der Waals surface area contributed by atoms with Crippen LogP contribution in [0.25, 0.3) is 5.95 Å². The first-order chi connectivity index (χ1) is 10.1. The number of hydrogen-bond donors (Lipinski definition) is 1. The van der Waals surface area contributed by atoms with Crippen LogP contribution in [0.5, 0.6) is 0 Å². The molecule has 1 aliphatic rings. The van der Waals surface area contributed by atoms with Crippen molar-refractivity contribution >= 4 is 11.9 Å². The summed E-state index contributed by atoms with van der Waals surface area (Å²) >= 11 is 0. The number of imidazole rings is 1. The lowest BCUT2D eigenvalue weighted by atomic mass is 10.1. The normalized spacial score (nSPS) is 19.0. The van der Waals surface area contributed by atoms with Crippen LogP contribution in [0, 0.1) is 5.92 Å². The molecule has 0 bridgehead atoms. The van der Waals surface area contributed by atoms with Crippen molar-refractivity contribution in [3.63, 3.8) is 0 Å². The van der Waals surface area contributed by atoms with E-state index in [0.29, 0.717) is 17.8 Å². The lowest BCUT2D eigenvalue weighted by molar-refractivity contribution is 0.395. The average Bonchev–Trinajstić information content (AvgIpc) is 3.10. The third-order valence-corrected chi connectivity index (χ3v) is 3.73. The fourth-order valence-electron chi connectivity index (χ4n) is 2.68. The van der Waals surface area contributed by atoms with Gasteiger partial charge < -0.3 is 15.5 Å². The molecule has 0 aromatic carbocycles. The molecular weight excluding hydrogens is 268 g/mol. The summed E-state index contributed by atoms with van der Waals surface area (Å²) in [4.78, 5) is 21.2. The van der Waals surface area contributed by atoms with Gasteiger partial charge in [-0.2, -0.15) is 15.0 Å². The summed E-state index contributed by atoms with van der Waals surface area (Å²) in [6.07, 6.45) is 6.31. The van der Waals surface area contributed by atoms with Gasteiger partial charge in [-0.05, 0) is 25.9 Å². The van der Waals surface area contributed by atoms with Crippen LogP contribution in [0.2, 0.25) is 0 Å². The molecule has 2 N–H and O–H groups in total. The van der Waals surface area contributed by atoms with E-state index in [1.165, 1.54) is 6.42 Å². The third kappa shape index (κ3) is 3.10. The van der Waals surface area contributed by atoms with Crippen molar-refractivity contribution in [3.8, 4) is 5.95 Å². The van der Waals surface area contributed by atoms with E-state index in [0.717, 1.165) is 19.6 Å². The lowest BCUT2D eigenvalue weighted by Gasteiger charge is -2.21. The number of nitrogen functional groups attached to an aromatic ring is 1. The van der Waals surface area contributed by atoms with Gasteiger partial charge in [-0.15, -0.1) is 0 Å². The second kappa shape index (κ2) is 5.65. The maximum Gasteiger partial charge on any atom is 0.241 e. The van der Waals surface area contributed by atoms with Crippen molar-refractivity contribution in [2.24, 2.45) is 5.92 Å². The molecule has 112 valence electrons. The predicted octanol–water partition coefficient (Wildman–Crippen LogP) is 0.0274. The Balaban J connectivity index is 1.78. The van der Waals surface area contributed by atoms with Crippen LogP contribution in [0.15, 0.2) is 18.7 Å². The van der Waals surface area contributed by atoms with Crippen molar-refractivity contribution in [2.75, 3.05) is 44.4 Å². The van der Waals surface area contributed by atoms with E-state index in [2.05, 4.69) is 31.9 Å². The predicted molar refractivity (Wildman–Crippen MR) is 80.2 cm³/mol. The molecule has 2 aromatic rings. The summed E-state index contributed by atoms with van der Waals surface area (Å²) in [5, 5.41) is 0. The number of rotatable bonds is 4. The molecule has 2 aromatic heterocycles. The second-order valence-corrected chi connectivity index (χ2v) is 5.56. The molecule has 0 aliphatic carbocycles.